The number of hydrogen-bond donors (Lipinski definition) is 0. The monoisotopic (exact) mass is 282 g/mol. The van der Waals surface area contributed by atoms with Crippen LogP contribution in [0.15, 0.2) is 0 Å². The second kappa shape index (κ2) is 11.0. The van der Waals surface area contributed by atoms with E-state index in [1.807, 2.05) is 0 Å². The van der Waals surface area contributed by atoms with Gasteiger partial charge in [-0.15, -0.1) is 0 Å². The van der Waals surface area contributed by atoms with Crippen molar-refractivity contribution in [1.82, 2.24) is 0 Å². The van der Waals surface area contributed by atoms with Crippen LogP contribution in [0.2, 0.25) is 0 Å². The molecule has 0 rings (SSSR count). The molecule has 0 saturated carbocycles. The first-order chi connectivity index (χ1) is 7.68. The van der Waals surface area contributed by atoms with Gasteiger partial charge in [0.05, 0.1) is 0 Å². The zero-order valence-corrected chi connectivity index (χ0v) is 13.6. The molecule has 0 heterocycles. The molecule has 0 atom stereocenters. The van der Waals surface area contributed by atoms with E-state index in [0.29, 0.717) is 0 Å². The maximum atomic E-state index is 12.4. The predicted octanol–water partition coefficient (Wildman–Crippen LogP) is 6.05. The van der Waals surface area contributed by atoms with Gasteiger partial charge in [0, 0.05) is 6.16 Å². The topological polar surface area (TPSA) is 17.1 Å². The van der Waals surface area contributed by atoms with Gasteiger partial charge in [0.15, 0.2) is 5.55 Å². The Balaban J connectivity index is 3.64. The Kier molecular flexibility index (Phi) is 11.7. The summed E-state index contributed by atoms with van der Waals surface area (Å²) in [6.07, 6.45) is 8.68. The summed E-state index contributed by atoms with van der Waals surface area (Å²) in [5, 5.41) is 0. The average molecular weight is 282 g/mol. The quantitative estimate of drug-likeness (QED) is 0.339. The summed E-state index contributed by atoms with van der Waals surface area (Å²) < 4.78 is 12.4. The largest absolute Gasteiger partial charge is 0.300 e. The molecule has 98 valence electrons. The van der Waals surface area contributed by atoms with Crippen LogP contribution in [0.3, 0.4) is 0 Å². The lowest BCUT2D eigenvalue weighted by Gasteiger charge is -2.15. The van der Waals surface area contributed by atoms with E-state index >= 15 is 0 Å². The van der Waals surface area contributed by atoms with Gasteiger partial charge in [0.2, 0.25) is 0 Å². The van der Waals surface area contributed by atoms with E-state index in [1.54, 1.807) is 22.8 Å². The minimum absolute atomic E-state index is 0.941. The molecule has 0 aliphatic heterocycles. The molecule has 1 nitrogen and oxygen atoms in total. The molecule has 0 aromatic rings. The van der Waals surface area contributed by atoms with Gasteiger partial charge in [0.25, 0.3) is 0 Å². The third-order valence-corrected chi connectivity index (χ3v) is 11.5. The van der Waals surface area contributed by atoms with Gasteiger partial charge < -0.3 is 4.57 Å². The minimum Gasteiger partial charge on any atom is -0.300 e. The molecule has 0 spiro atoms. The van der Waals surface area contributed by atoms with E-state index in [-0.39, 0.29) is 0 Å². The van der Waals surface area contributed by atoms with E-state index in [9.17, 15) is 4.57 Å². The van der Waals surface area contributed by atoms with Crippen LogP contribution in [0.4, 0.5) is 0 Å². The van der Waals surface area contributed by atoms with Crippen LogP contribution in [0.1, 0.15) is 59.3 Å². The number of hydrogen-bond acceptors (Lipinski definition) is 3. The maximum absolute atomic E-state index is 12.4. The van der Waals surface area contributed by atoms with E-state index in [2.05, 4.69) is 20.8 Å². The van der Waals surface area contributed by atoms with Crippen LogP contribution < -0.4 is 0 Å². The first kappa shape index (κ1) is 16.9. The van der Waals surface area contributed by atoms with Gasteiger partial charge in [-0.25, -0.2) is 0 Å². The van der Waals surface area contributed by atoms with Crippen molar-refractivity contribution in [3.8, 4) is 0 Å². The lowest BCUT2D eigenvalue weighted by atomic mass is 10.1. The summed E-state index contributed by atoms with van der Waals surface area (Å²) in [4.78, 5) is 0. The molecule has 0 aromatic heterocycles. The third-order valence-electron chi connectivity index (χ3n) is 2.44. The minimum atomic E-state index is -1.94. The fraction of sp³-hybridized carbons (Fsp3) is 1.00. The van der Waals surface area contributed by atoms with Crippen molar-refractivity contribution in [2.45, 2.75) is 59.3 Å². The van der Waals surface area contributed by atoms with Crippen LogP contribution in [0, 0.1) is 0 Å². The average Bonchev–Trinajstić information content (AvgIpc) is 2.24. The zero-order chi connectivity index (χ0) is 12.3. The Morgan fingerprint density at radius 3 is 1.81 bits per heavy atom. The zero-order valence-electron chi connectivity index (χ0n) is 11.0. The molecule has 0 aromatic carbocycles. The molecule has 0 amide bonds. The predicted molar refractivity (Wildman–Crippen MR) is 82.1 cm³/mol. The normalized spacial score (nSPS) is 11.9. The van der Waals surface area contributed by atoms with Crippen LogP contribution in [0.25, 0.3) is 0 Å². The van der Waals surface area contributed by atoms with Crippen LogP contribution in [0.5, 0.6) is 0 Å². The van der Waals surface area contributed by atoms with Gasteiger partial charge in [-0.3, -0.25) is 0 Å². The SMILES string of the molecule is CCCCCCCCP(=O)(SCC)SCC. The molecule has 0 bridgehead atoms. The number of rotatable bonds is 11. The Bertz CT molecular complexity index is 187. The lowest BCUT2D eigenvalue weighted by molar-refractivity contribution is 0.586. The van der Waals surface area contributed by atoms with E-state index in [0.717, 1.165) is 24.1 Å². The number of unbranched alkanes of at least 4 members (excludes halogenated alkanes) is 5. The molecule has 0 N–H and O–H groups in total. The van der Waals surface area contributed by atoms with Crippen molar-refractivity contribution in [2.24, 2.45) is 0 Å². The molecule has 4 heteroatoms. The van der Waals surface area contributed by atoms with Crippen molar-refractivity contribution in [2.75, 3.05) is 17.7 Å². The molecule has 0 unspecified atom stereocenters. The molecule has 0 aliphatic carbocycles. The van der Waals surface area contributed by atoms with Crippen molar-refractivity contribution in [3.63, 3.8) is 0 Å². The highest BCUT2D eigenvalue weighted by atomic mass is 33.1. The first-order valence-electron chi connectivity index (χ1n) is 6.56. The summed E-state index contributed by atoms with van der Waals surface area (Å²) in [7, 11) is 0. The van der Waals surface area contributed by atoms with Gasteiger partial charge >= 0.3 is 0 Å². The Hall–Kier alpha value is 0.930. The van der Waals surface area contributed by atoms with Crippen molar-refractivity contribution >= 4 is 28.3 Å². The highest BCUT2D eigenvalue weighted by Gasteiger charge is 2.20. The van der Waals surface area contributed by atoms with Gasteiger partial charge in [-0.05, 0) is 17.9 Å². The molecule has 0 fully saturated rings. The Morgan fingerprint density at radius 1 is 0.812 bits per heavy atom. The molecular formula is C12H27OPS2. The molecule has 16 heavy (non-hydrogen) atoms. The second-order valence-electron chi connectivity index (χ2n) is 3.94. The summed E-state index contributed by atoms with van der Waals surface area (Å²) in [6.45, 7) is 6.45. The van der Waals surface area contributed by atoms with Gasteiger partial charge in [-0.1, -0.05) is 75.6 Å². The summed E-state index contributed by atoms with van der Waals surface area (Å²) in [5.74, 6) is 1.97. The van der Waals surface area contributed by atoms with Crippen molar-refractivity contribution in [1.29, 1.82) is 0 Å². The maximum Gasteiger partial charge on any atom is 0.191 e. The summed E-state index contributed by atoms with van der Waals surface area (Å²) in [5.41, 5.74) is -1.94. The molecule has 0 aliphatic rings. The molecule has 0 saturated heterocycles. The van der Waals surface area contributed by atoms with Crippen LogP contribution in [-0.2, 0) is 4.57 Å². The standard InChI is InChI=1S/C12H27OPS2/c1-4-7-8-9-10-11-12-14(13,15-5-2)16-6-3/h4-12H2,1-3H3. The van der Waals surface area contributed by atoms with E-state index in [1.165, 1.54) is 32.1 Å². The van der Waals surface area contributed by atoms with Crippen LogP contribution in [-0.4, -0.2) is 17.7 Å². The van der Waals surface area contributed by atoms with Crippen molar-refractivity contribution in [3.05, 3.63) is 0 Å². The lowest BCUT2D eigenvalue weighted by Crippen LogP contribution is -1.87. The summed E-state index contributed by atoms with van der Waals surface area (Å²) in [6, 6.07) is 0. The van der Waals surface area contributed by atoms with Crippen molar-refractivity contribution < 1.29 is 4.57 Å². The molecular weight excluding hydrogens is 255 g/mol. The Morgan fingerprint density at radius 2 is 1.31 bits per heavy atom. The van der Waals surface area contributed by atoms with Gasteiger partial charge in [-0.2, -0.15) is 0 Å². The molecule has 0 radical (unpaired) electrons. The second-order valence-corrected chi connectivity index (χ2v) is 13.1. The van der Waals surface area contributed by atoms with Crippen LogP contribution >= 0.6 is 28.3 Å². The summed E-state index contributed by atoms with van der Waals surface area (Å²) >= 11 is 3.38. The fourth-order valence-electron chi connectivity index (χ4n) is 1.65. The highest BCUT2D eigenvalue weighted by molar-refractivity contribution is 8.90. The Labute approximate surface area is 110 Å². The third kappa shape index (κ3) is 9.01. The first-order valence-corrected chi connectivity index (χ1v) is 11.6. The van der Waals surface area contributed by atoms with E-state index in [4.69, 9.17) is 0 Å². The highest BCUT2D eigenvalue weighted by Crippen LogP contribution is 2.69. The smallest absolute Gasteiger partial charge is 0.191 e. The fourth-order valence-corrected chi connectivity index (χ4v) is 10.1. The van der Waals surface area contributed by atoms with Gasteiger partial charge in [0.1, 0.15) is 0 Å². The van der Waals surface area contributed by atoms with E-state index < -0.39 is 5.55 Å².